The molecule has 0 saturated carbocycles. The molecule has 0 N–H and O–H groups in total. The van der Waals surface area contributed by atoms with Crippen LogP contribution in [0.1, 0.15) is 23.7 Å². The standard InChI is InChI=1S/C18H19N/c1-3-17-14(2)16-11-7-8-12-18(16)19(17)13-15-9-5-4-6-10-15/h4-12H,3,13H2,1-2H3. The SMILES string of the molecule is CCc1c(C)c2ccccc2n1Cc1ccccc1. The maximum Gasteiger partial charge on any atom is 0.0488 e. The number of hydrogen-bond acceptors (Lipinski definition) is 0. The van der Waals surface area contributed by atoms with Crippen LogP contribution in [0.3, 0.4) is 0 Å². The lowest BCUT2D eigenvalue weighted by Crippen LogP contribution is -2.04. The quantitative estimate of drug-likeness (QED) is 0.641. The maximum atomic E-state index is 2.46. The maximum absolute atomic E-state index is 2.46. The van der Waals surface area contributed by atoms with E-state index in [9.17, 15) is 0 Å². The fraction of sp³-hybridized carbons (Fsp3) is 0.222. The van der Waals surface area contributed by atoms with Crippen LogP contribution >= 0.6 is 0 Å². The molecule has 1 heteroatoms. The lowest BCUT2D eigenvalue weighted by Gasteiger charge is -2.10. The van der Waals surface area contributed by atoms with Crippen molar-refractivity contribution in [2.24, 2.45) is 0 Å². The number of aromatic nitrogens is 1. The van der Waals surface area contributed by atoms with Crippen molar-refractivity contribution >= 4 is 10.9 Å². The first kappa shape index (κ1) is 12.0. The average molecular weight is 249 g/mol. The van der Waals surface area contributed by atoms with Gasteiger partial charge in [0.25, 0.3) is 0 Å². The highest BCUT2D eigenvalue weighted by atomic mass is 15.0. The fourth-order valence-electron chi connectivity index (χ4n) is 2.93. The van der Waals surface area contributed by atoms with Crippen molar-refractivity contribution in [3.8, 4) is 0 Å². The molecule has 1 nitrogen and oxygen atoms in total. The molecule has 0 saturated heterocycles. The van der Waals surface area contributed by atoms with E-state index in [0.29, 0.717) is 0 Å². The Morgan fingerprint density at radius 1 is 0.895 bits per heavy atom. The Morgan fingerprint density at radius 3 is 2.32 bits per heavy atom. The molecule has 0 fully saturated rings. The molecule has 0 bridgehead atoms. The van der Waals surface area contributed by atoms with Gasteiger partial charge in [0, 0.05) is 23.1 Å². The van der Waals surface area contributed by atoms with Crippen molar-refractivity contribution < 1.29 is 0 Å². The third kappa shape index (κ3) is 2.06. The summed E-state index contributed by atoms with van der Waals surface area (Å²) in [5.41, 5.74) is 5.58. The number of aryl methyl sites for hydroxylation is 1. The van der Waals surface area contributed by atoms with E-state index >= 15 is 0 Å². The van der Waals surface area contributed by atoms with Gasteiger partial charge in [0.15, 0.2) is 0 Å². The predicted molar refractivity (Wildman–Crippen MR) is 81.6 cm³/mol. The molecular formula is C18H19N. The van der Waals surface area contributed by atoms with Gasteiger partial charge in [-0.2, -0.15) is 0 Å². The summed E-state index contributed by atoms with van der Waals surface area (Å²) in [5, 5.41) is 1.38. The van der Waals surface area contributed by atoms with Gasteiger partial charge in [-0.25, -0.2) is 0 Å². The highest BCUT2D eigenvalue weighted by Crippen LogP contribution is 2.26. The van der Waals surface area contributed by atoms with Gasteiger partial charge in [-0.05, 0) is 30.5 Å². The number of hydrogen-bond donors (Lipinski definition) is 0. The highest BCUT2D eigenvalue weighted by Gasteiger charge is 2.12. The van der Waals surface area contributed by atoms with Crippen LogP contribution in [-0.4, -0.2) is 4.57 Å². The molecule has 0 aliphatic rings. The Hall–Kier alpha value is -2.02. The molecule has 0 unspecified atom stereocenters. The lowest BCUT2D eigenvalue weighted by atomic mass is 10.1. The van der Waals surface area contributed by atoms with Crippen LogP contribution < -0.4 is 0 Å². The van der Waals surface area contributed by atoms with Crippen molar-refractivity contribution in [3.05, 3.63) is 71.4 Å². The Bertz CT molecular complexity index is 692. The van der Waals surface area contributed by atoms with Gasteiger partial charge in [0.05, 0.1) is 0 Å². The second-order valence-electron chi connectivity index (χ2n) is 5.01. The summed E-state index contributed by atoms with van der Waals surface area (Å²) in [6.45, 7) is 5.43. The smallest absolute Gasteiger partial charge is 0.0488 e. The first-order chi connectivity index (χ1) is 9.31. The summed E-state index contributed by atoms with van der Waals surface area (Å²) < 4.78 is 2.46. The molecule has 1 heterocycles. The third-order valence-electron chi connectivity index (χ3n) is 3.88. The van der Waals surface area contributed by atoms with E-state index < -0.39 is 0 Å². The number of rotatable bonds is 3. The van der Waals surface area contributed by atoms with Crippen LogP contribution in [0.15, 0.2) is 54.6 Å². The van der Waals surface area contributed by atoms with Crippen LogP contribution in [0.25, 0.3) is 10.9 Å². The van der Waals surface area contributed by atoms with Crippen LogP contribution in [-0.2, 0) is 13.0 Å². The molecule has 2 aromatic carbocycles. The minimum absolute atomic E-state index is 0.957. The number of nitrogens with zero attached hydrogens (tertiary/aromatic N) is 1. The fourth-order valence-corrected chi connectivity index (χ4v) is 2.93. The molecule has 0 amide bonds. The zero-order chi connectivity index (χ0) is 13.2. The molecule has 96 valence electrons. The molecule has 0 aliphatic heterocycles. The first-order valence-electron chi connectivity index (χ1n) is 6.92. The van der Waals surface area contributed by atoms with Gasteiger partial charge in [0.1, 0.15) is 0 Å². The van der Waals surface area contributed by atoms with Crippen molar-refractivity contribution in [1.29, 1.82) is 0 Å². The molecule has 0 radical (unpaired) electrons. The number of fused-ring (bicyclic) bond motifs is 1. The largest absolute Gasteiger partial charge is 0.340 e. The zero-order valence-electron chi connectivity index (χ0n) is 11.6. The Labute approximate surface area is 114 Å². The lowest BCUT2D eigenvalue weighted by molar-refractivity contribution is 0.771. The van der Waals surface area contributed by atoms with E-state index in [1.807, 2.05) is 0 Å². The van der Waals surface area contributed by atoms with Gasteiger partial charge >= 0.3 is 0 Å². The molecule has 0 aliphatic carbocycles. The van der Waals surface area contributed by atoms with Crippen LogP contribution in [0.4, 0.5) is 0 Å². The Kier molecular flexibility index (Phi) is 3.12. The van der Waals surface area contributed by atoms with E-state index in [0.717, 1.165) is 13.0 Å². The minimum Gasteiger partial charge on any atom is -0.340 e. The second-order valence-corrected chi connectivity index (χ2v) is 5.01. The summed E-state index contributed by atoms with van der Waals surface area (Å²) in [6, 6.07) is 19.4. The van der Waals surface area contributed by atoms with Crippen molar-refractivity contribution in [1.82, 2.24) is 4.57 Å². The van der Waals surface area contributed by atoms with E-state index in [4.69, 9.17) is 0 Å². The van der Waals surface area contributed by atoms with Crippen molar-refractivity contribution in [2.45, 2.75) is 26.8 Å². The summed E-state index contributed by atoms with van der Waals surface area (Å²) in [4.78, 5) is 0. The average Bonchev–Trinajstić information content (AvgIpc) is 2.73. The first-order valence-corrected chi connectivity index (χ1v) is 6.92. The summed E-state index contributed by atoms with van der Waals surface area (Å²) in [5.74, 6) is 0. The number of benzene rings is 2. The van der Waals surface area contributed by atoms with Gasteiger partial charge in [-0.3, -0.25) is 0 Å². The Balaban J connectivity index is 2.17. The molecule has 0 spiro atoms. The minimum atomic E-state index is 0.957. The molecular weight excluding hydrogens is 230 g/mol. The van der Waals surface area contributed by atoms with Gasteiger partial charge in [0.2, 0.25) is 0 Å². The van der Waals surface area contributed by atoms with E-state index in [1.54, 1.807) is 0 Å². The van der Waals surface area contributed by atoms with E-state index in [2.05, 4.69) is 73.0 Å². The van der Waals surface area contributed by atoms with Gasteiger partial charge in [-0.15, -0.1) is 0 Å². The number of para-hydroxylation sites is 1. The van der Waals surface area contributed by atoms with Crippen LogP contribution in [0.2, 0.25) is 0 Å². The monoisotopic (exact) mass is 249 g/mol. The van der Waals surface area contributed by atoms with E-state index in [-0.39, 0.29) is 0 Å². The highest BCUT2D eigenvalue weighted by molar-refractivity contribution is 5.85. The third-order valence-corrected chi connectivity index (χ3v) is 3.88. The summed E-state index contributed by atoms with van der Waals surface area (Å²) >= 11 is 0. The molecule has 3 rings (SSSR count). The molecule has 19 heavy (non-hydrogen) atoms. The van der Waals surface area contributed by atoms with Crippen LogP contribution in [0, 0.1) is 6.92 Å². The van der Waals surface area contributed by atoms with Gasteiger partial charge < -0.3 is 4.57 Å². The topological polar surface area (TPSA) is 4.93 Å². The second kappa shape index (κ2) is 4.93. The normalized spacial score (nSPS) is 11.1. The molecule has 1 aromatic heterocycles. The summed E-state index contributed by atoms with van der Waals surface area (Å²) in [7, 11) is 0. The Morgan fingerprint density at radius 2 is 1.58 bits per heavy atom. The predicted octanol–water partition coefficient (Wildman–Crippen LogP) is 4.56. The van der Waals surface area contributed by atoms with Crippen LogP contribution in [0.5, 0.6) is 0 Å². The zero-order valence-corrected chi connectivity index (χ0v) is 11.6. The summed E-state index contributed by atoms with van der Waals surface area (Å²) in [6.07, 6.45) is 1.08. The van der Waals surface area contributed by atoms with Crippen molar-refractivity contribution in [2.75, 3.05) is 0 Å². The molecule has 0 atom stereocenters. The van der Waals surface area contributed by atoms with Crippen molar-refractivity contribution in [3.63, 3.8) is 0 Å². The van der Waals surface area contributed by atoms with E-state index in [1.165, 1.54) is 27.7 Å². The molecule has 3 aromatic rings. The van der Waals surface area contributed by atoms with Gasteiger partial charge in [-0.1, -0.05) is 55.5 Å².